The summed E-state index contributed by atoms with van der Waals surface area (Å²) in [5.41, 5.74) is 3.17. The zero-order chi connectivity index (χ0) is 19.6. The van der Waals surface area contributed by atoms with Gasteiger partial charge in [-0.1, -0.05) is 36.4 Å². The van der Waals surface area contributed by atoms with Crippen molar-refractivity contribution in [2.45, 2.75) is 12.5 Å². The molecule has 0 radical (unpaired) electrons. The maximum atomic E-state index is 12.6. The van der Waals surface area contributed by atoms with Gasteiger partial charge in [0, 0.05) is 24.2 Å². The summed E-state index contributed by atoms with van der Waals surface area (Å²) in [6.07, 6.45) is 4.01. The highest BCUT2D eigenvalue weighted by molar-refractivity contribution is 5.94. The zero-order valence-corrected chi connectivity index (χ0v) is 15.6. The SMILES string of the molecule is O=C(NCC1Cc2cccc(-c3ncccn3)c2O1)c1ccc2ccccc2n1. The summed E-state index contributed by atoms with van der Waals surface area (Å²) in [7, 11) is 0. The molecule has 0 saturated heterocycles. The van der Waals surface area contributed by atoms with Crippen LogP contribution in [0.4, 0.5) is 0 Å². The van der Waals surface area contributed by atoms with Crippen LogP contribution < -0.4 is 10.1 Å². The van der Waals surface area contributed by atoms with Gasteiger partial charge in [0.05, 0.1) is 17.6 Å². The molecule has 142 valence electrons. The third-order valence-electron chi connectivity index (χ3n) is 4.96. The minimum absolute atomic E-state index is 0.140. The molecule has 6 nitrogen and oxygen atoms in total. The van der Waals surface area contributed by atoms with Gasteiger partial charge < -0.3 is 10.1 Å². The van der Waals surface area contributed by atoms with Crippen molar-refractivity contribution in [2.75, 3.05) is 6.54 Å². The van der Waals surface area contributed by atoms with E-state index >= 15 is 0 Å². The number of carbonyl (C=O) groups excluding carboxylic acids is 1. The van der Waals surface area contributed by atoms with Crippen LogP contribution >= 0.6 is 0 Å². The van der Waals surface area contributed by atoms with Crippen LogP contribution in [0.2, 0.25) is 0 Å². The van der Waals surface area contributed by atoms with Crippen LogP contribution in [-0.2, 0) is 6.42 Å². The molecule has 1 aliphatic heterocycles. The van der Waals surface area contributed by atoms with Crippen LogP contribution in [0.5, 0.6) is 5.75 Å². The summed E-state index contributed by atoms with van der Waals surface area (Å²) in [4.78, 5) is 25.6. The molecule has 1 aliphatic rings. The van der Waals surface area contributed by atoms with Crippen LogP contribution in [-0.4, -0.2) is 33.5 Å². The van der Waals surface area contributed by atoms with Gasteiger partial charge in [-0.2, -0.15) is 0 Å². The molecule has 6 heteroatoms. The van der Waals surface area contributed by atoms with Gasteiger partial charge in [0.15, 0.2) is 5.82 Å². The zero-order valence-electron chi connectivity index (χ0n) is 15.6. The fourth-order valence-corrected chi connectivity index (χ4v) is 3.56. The smallest absolute Gasteiger partial charge is 0.270 e. The van der Waals surface area contributed by atoms with Crippen molar-refractivity contribution in [2.24, 2.45) is 0 Å². The predicted octanol–water partition coefficient (Wildman–Crippen LogP) is 3.43. The lowest BCUT2D eigenvalue weighted by atomic mass is 10.1. The number of hydrogen-bond acceptors (Lipinski definition) is 5. The van der Waals surface area contributed by atoms with Gasteiger partial charge in [-0.05, 0) is 29.8 Å². The molecule has 4 aromatic rings. The van der Waals surface area contributed by atoms with Crippen molar-refractivity contribution in [3.05, 3.63) is 84.3 Å². The van der Waals surface area contributed by atoms with Crippen molar-refractivity contribution in [1.82, 2.24) is 20.3 Å². The number of rotatable bonds is 4. The predicted molar refractivity (Wildman–Crippen MR) is 110 cm³/mol. The summed E-state index contributed by atoms with van der Waals surface area (Å²) in [5.74, 6) is 1.22. The van der Waals surface area contributed by atoms with Crippen LogP contribution in [0.15, 0.2) is 73.1 Å². The third-order valence-corrected chi connectivity index (χ3v) is 4.96. The first-order chi connectivity index (χ1) is 14.3. The molecule has 0 spiro atoms. The minimum atomic E-state index is -0.207. The molecule has 2 aromatic heterocycles. The molecule has 0 bridgehead atoms. The van der Waals surface area contributed by atoms with Gasteiger partial charge in [0.1, 0.15) is 17.5 Å². The van der Waals surface area contributed by atoms with E-state index in [1.807, 2.05) is 48.5 Å². The molecule has 1 amide bonds. The highest BCUT2D eigenvalue weighted by Gasteiger charge is 2.27. The molecule has 2 aromatic carbocycles. The number of ether oxygens (including phenoxy) is 1. The largest absolute Gasteiger partial charge is 0.487 e. The average molecular weight is 382 g/mol. The summed E-state index contributed by atoms with van der Waals surface area (Å²) < 4.78 is 6.13. The van der Waals surface area contributed by atoms with Gasteiger partial charge in [0.2, 0.25) is 0 Å². The maximum absolute atomic E-state index is 12.6. The van der Waals surface area contributed by atoms with E-state index in [-0.39, 0.29) is 12.0 Å². The highest BCUT2D eigenvalue weighted by Crippen LogP contribution is 2.37. The molecule has 5 rings (SSSR count). The minimum Gasteiger partial charge on any atom is -0.487 e. The Hall–Kier alpha value is -3.80. The molecule has 1 atom stereocenters. The van der Waals surface area contributed by atoms with Gasteiger partial charge in [-0.15, -0.1) is 0 Å². The second kappa shape index (κ2) is 7.31. The number of fused-ring (bicyclic) bond motifs is 2. The molecule has 0 aliphatic carbocycles. The average Bonchev–Trinajstić information content (AvgIpc) is 3.21. The fourth-order valence-electron chi connectivity index (χ4n) is 3.56. The van der Waals surface area contributed by atoms with E-state index in [4.69, 9.17) is 4.74 Å². The number of nitrogens with zero attached hydrogens (tertiary/aromatic N) is 3. The summed E-state index contributed by atoms with van der Waals surface area (Å²) in [6.45, 7) is 0.400. The van der Waals surface area contributed by atoms with Crippen LogP contribution in [0, 0.1) is 0 Å². The molecular formula is C23H18N4O2. The molecule has 0 fully saturated rings. The van der Waals surface area contributed by atoms with Crippen LogP contribution in [0.1, 0.15) is 16.1 Å². The van der Waals surface area contributed by atoms with Crippen molar-refractivity contribution in [1.29, 1.82) is 0 Å². The lowest BCUT2D eigenvalue weighted by molar-refractivity contribution is 0.0929. The Bertz CT molecular complexity index is 1190. The van der Waals surface area contributed by atoms with Crippen LogP contribution in [0.25, 0.3) is 22.3 Å². The van der Waals surface area contributed by atoms with Gasteiger partial charge in [-0.25, -0.2) is 15.0 Å². The van der Waals surface area contributed by atoms with Crippen molar-refractivity contribution in [3.8, 4) is 17.1 Å². The molecule has 0 saturated carbocycles. The maximum Gasteiger partial charge on any atom is 0.270 e. The topological polar surface area (TPSA) is 77.0 Å². The van der Waals surface area contributed by atoms with Crippen molar-refractivity contribution < 1.29 is 9.53 Å². The summed E-state index contributed by atoms with van der Waals surface area (Å²) >= 11 is 0. The number of aromatic nitrogens is 3. The van der Waals surface area contributed by atoms with Gasteiger partial charge in [0.25, 0.3) is 5.91 Å². The Morgan fingerprint density at radius 2 is 1.86 bits per heavy atom. The Labute approximate surface area is 167 Å². The second-order valence-electron chi connectivity index (χ2n) is 6.91. The Balaban J connectivity index is 1.29. The number of carbonyl (C=O) groups is 1. The van der Waals surface area contributed by atoms with E-state index in [2.05, 4.69) is 20.3 Å². The number of para-hydroxylation sites is 2. The molecule has 1 N–H and O–H groups in total. The van der Waals surface area contributed by atoms with E-state index in [9.17, 15) is 4.79 Å². The summed E-state index contributed by atoms with van der Waals surface area (Å²) in [5, 5.41) is 3.95. The van der Waals surface area contributed by atoms with Crippen LogP contribution in [0.3, 0.4) is 0 Å². The number of nitrogens with one attached hydrogen (secondary N) is 1. The van der Waals surface area contributed by atoms with E-state index < -0.39 is 0 Å². The fraction of sp³-hybridized carbons (Fsp3) is 0.130. The quantitative estimate of drug-likeness (QED) is 0.585. The Kier molecular flexibility index (Phi) is 4.37. The number of hydrogen-bond donors (Lipinski definition) is 1. The van der Waals surface area contributed by atoms with Gasteiger partial charge in [-0.3, -0.25) is 4.79 Å². The number of amides is 1. The lowest BCUT2D eigenvalue weighted by Gasteiger charge is -2.13. The van der Waals surface area contributed by atoms with Gasteiger partial charge >= 0.3 is 0 Å². The second-order valence-corrected chi connectivity index (χ2v) is 6.91. The molecule has 1 unspecified atom stereocenters. The first-order valence-corrected chi connectivity index (χ1v) is 9.48. The molecule has 29 heavy (non-hydrogen) atoms. The Morgan fingerprint density at radius 3 is 2.76 bits per heavy atom. The third kappa shape index (κ3) is 3.40. The first kappa shape index (κ1) is 17.3. The van der Waals surface area contributed by atoms with E-state index in [1.54, 1.807) is 24.5 Å². The molecular weight excluding hydrogens is 364 g/mol. The standard InChI is InChI=1S/C23H18N4O2/c28-23(20-10-9-15-5-1-2-8-19(15)27-20)26-14-17-13-16-6-3-7-18(21(16)29-17)22-24-11-4-12-25-22/h1-12,17H,13-14H2,(H,26,28). The van der Waals surface area contributed by atoms with E-state index in [1.165, 1.54) is 0 Å². The monoisotopic (exact) mass is 382 g/mol. The van der Waals surface area contributed by atoms with Crippen molar-refractivity contribution in [3.63, 3.8) is 0 Å². The number of benzene rings is 2. The van der Waals surface area contributed by atoms with E-state index in [0.29, 0.717) is 18.1 Å². The van der Waals surface area contributed by atoms with Crippen molar-refractivity contribution >= 4 is 16.8 Å². The first-order valence-electron chi connectivity index (χ1n) is 9.48. The highest BCUT2D eigenvalue weighted by atomic mass is 16.5. The lowest BCUT2D eigenvalue weighted by Crippen LogP contribution is -2.34. The Morgan fingerprint density at radius 1 is 1.00 bits per heavy atom. The normalized spacial score (nSPS) is 15.0. The molecule has 3 heterocycles. The van der Waals surface area contributed by atoms with E-state index in [0.717, 1.165) is 34.2 Å². The number of pyridine rings is 1. The summed E-state index contributed by atoms with van der Waals surface area (Å²) in [6, 6.07) is 19.1.